The van der Waals surface area contributed by atoms with E-state index in [4.69, 9.17) is 11.6 Å². The molecule has 26 heavy (non-hydrogen) atoms. The predicted octanol–water partition coefficient (Wildman–Crippen LogP) is 2.95. The Morgan fingerprint density at radius 3 is 2.73 bits per heavy atom. The van der Waals surface area contributed by atoms with Crippen LogP contribution in [0.5, 0.6) is 0 Å². The first-order chi connectivity index (χ1) is 12.5. The lowest BCUT2D eigenvalue weighted by molar-refractivity contribution is -0.126. The predicted molar refractivity (Wildman–Crippen MR) is 105 cm³/mol. The summed E-state index contributed by atoms with van der Waals surface area (Å²) in [5.74, 6) is -0.457. The van der Waals surface area contributed by atoms with Crippen LogP contribution in [-0.2, 0) is 9.59 Å². The molecule has 1 heterocycles. The summed E-state index contributed by atoms with van der Waals surface area (Å²) in [6.07, 6.45) is 0.229. The van der Waals surface area contributed by atoms with Crippen LogP contribution in [0.15, 0.2) is 54.6 Å². The number of amides is 2. The third-order valence-electron chi connectivity index (χ3n) is 4.56. The average Bonchev–Trinajstić information content (AvgIpc) is 3.04. The molecule has 1 atom stereocenters. The molecule has 0 saturated carbocycles. The van der Waals surface area contributed by atoms with Crippen molar-refractivity contribution in [3.63, 3.8) is 0 Å². The molecule has 1 aliphatic rings. The van der Waals surface area contributed by atoms with Crippen LogP contribution in [-0.4, -0.2) is 38.5 Å². The highest BCUT2D eigenvalue weighted by Crippen LogP contribution is 2.27. The molecule has 1 fully saturated rings. The van der Waals surface area contributed by atoms with Crippen molar-refractivity contribution in [3.8, 4) is 0 Å². The average molecular weight is 372 g/mol. The van der Waals surface area contributed by atoms with E-state index in [2.05, 4.69) is 10.2 Å². The van der Waals surface area contributed by atoms with E-state index in [0.717, 1.165) is 11.4 Å². The molecule has 5 nitrogen and oxygen atoms in total. The zero-order valence-corrected chi connectivity index (χ0v) is 15.4. The van der Waals surface area contributed by atoms with E-state index in [1.165, 1.54) is 0 Å². The summed E-state index contributed by atoms with van der Waals surface area (Å²) < 4.78 is 0. The largest absolute Gasteiger partial charge is 0.373 e. The minimum Gasteiger partial charge on any atom is -0.373 e. The summed E-state index contributed by atoms with van der Waals surface area (Å²) in [4.78, 5) is 28.4. The van der Waals surface area contributed by atoms with Gasteiger partial charge >= 0.3 is 0 Å². The highest BCUT2D eigenvalue weighted by Gasteiger charge is 2.35. The molecule has 1 saturated heterocycles. The van der Waals surface area contributed by atoms with Crippen LogP contribution in [0.25, 0.3) is 0 Å². The van der Waals surface area contributed by atoms with E-state index in [0.29, 0.717) is 24.7 Å². The Morgan fingerprint density at radius 1 is 1.23 bits per heavy atom. The van der Waals surface area contributed by atoms with E-state index < -0.39 is 0 Å². The third-order valence-corrected chi connectivity index (χ3v) is 4.79. The van der Waals surface area contributed by atoms with E-state index >= 15 is 0 Å². The normalized spacial score (nSPS) is 16.6. The van der Waals surface area contributed by atoms with Gasteiger partial charge in [-0.05, 0) is 30.3 Å². The SMILES string of the molecule is CN(CCNC(=O)C1CC(=O)N(c2cccc(Cl)c2)C1)c1ccccc1. The molecule has 3 rings (SSSR count). The fourth-order valence-corrected chi connectivity index (χ4v) is 3.26. The van der Waals surface area contributed by atoms with Crippen molar-refractivity contribution in [1.29, 1.82) is 0 Å². The van der Waals surface area contributed by atoms with Crippen LogP contribution in [0.1, 0.15) is 6.42 Å². The van der Waals surface area contributed by atoms with Gasteiger partial charge < -0.3 is 15.1 Å². The van der Waals surface area contributed by atoms with Crippen molar-refractivity contribution < 1.29 is 9.59 Å². The molecule has 1 unspecified atom stereocenters. The van der Waals surface area contributed by atoms with Gasteiger partial charge in [0.1, 0.15) is 0 Å². The van der Waals surface area contributed by atoms with E-state index in [1.54, 1.807) is 23.1 Å². The van der Waals surface area contributed by atoms with Gasteiger partial charge in [0, 0.05) is 49.5 Å². The molecule has 1 aliphatic heterocycles. The Kier molecular flexibility index (Phi) is 5.78. The highest BCUT2D eigenvalue weighted by atomic mass is 35.5. The Labute approximate surface area is 158 Å². The summed E-state index contributed by atoms with van der Waals surface area (Å²) in [5.41, 5.74) is 1.84. The minimum absolute atomic E-state index is 0.0474. The topological polar surface area (TPSA) is 52.7 Å². The van der Waals surface area contributed by atoms with Crippen LogP contribution in [0, 0.1) is 5.92 Å². The molecule has 0 bridgehead atoms. The Bertz CT molecular complexity index is 782. The van der Waals surface area contributed by atoms with Gasteiger partial charge in [-0.25, -0.2) is 0 Å². The molecule has 0 aliphatic carbocycles. The molecule has 6 heteroatoms. The van der Waals surface area contributed by atoms with Gasteiger partial charge in [0.2, 0.25) is 11.8 Å². The first-order valence-corrected chi connectivity index (χ1v) is 9.02. The van der Waals surface area contributed by atoms with Crippen molar-refractivity contribution in [1.82, 2.24) is 5.32 Å². The van der Waals surface area contributed by atoms with Crippen LogP contribution in [0.4, 0.5) is 11.4 Å². The van der Waals surface area contributed by atoms with Gasteiger partial charge in [0.05, 0.1) is 5.92 Å². The highest BCUT2D eigenvalue weighted by molar-refractivity contribution is 6.31. The molecular weight excluding hydrogens is 350 g/mol. The lowest BCUT2D eigenvalue weighted by Crippen LogP contribution is -2.37. The molecule has 1 N–H and O–H groups in total. The van der Waals surface area contributed by atoms with Crippen LogP contribution < -0.4 is 15.1 Å². The van der Waals surface area contributed by atoms with Crippen molar-refractivity contribution >= 4 is 34.8 Å². The maximum Gasteiger partial charge on any atom is 0.227 e. The quantitative estimate of drug-likeness (QED) is 0.849. The van der Waals surface area contributed by atoms with Crippen LogP contribution >= 0.6 is 11.6 Å². The number of para-hydroxylation sites is 1. The molecule has 0 radical (unpaired) electrons. The molecule has 0 spiro atoms. The number of anilines is 2. The van der Waals surface area contributed by atoms with E-state index in [1.807, 2.05) is 43.4 Å². The Hall–Kier alpha value is -2.53. The second kappa shape index (κ2) is 8.23. The number of nitrogens with one attached hydrogen (secondary N) is 1. The van der Waals surface area contributed by atoms with Gasteiger partial charge in [-0.1, -0.05) is 35.9 Å². The van der Waals surface area contributed by atoms with Crippen LogP contribution in [0.3, 0.4) is 0 Å². The van der Waals surface area contributed by atoms with E-state index in [-0.39, 0.29) is 24.2 Å². The Morgan fingerprint density at radius 2 is 2.00 bits per heavy atom. The van der Waals surface area contributed by atoms with E-state index in [9.17, 15) is 9.59 Å². The fourth-order valence-electron chi connectivity index (χ4n) is 3.08. The van der Waals surface area contributed by atoms with Crippen molar-refractivity contribution in [3.05, 3.63) is 59.6 Å². The van der Waals surface area contributed by atoms with Crippen molar-refractivity contribution in [2.24, 2.45) is 5.92 Å². The van der Waals surface area contributed by atoms with Gasteiger partial charge in [-0.2, -0.15) is 0 Å². The number of carbonyl (C=O) groups excluding carboxylic acids is 2. The summed E-state index contributed by atoms with van der Waals surface area (Å²) in [6, 6.07) is 17.1. The maximum absolute atomic E-state index is 12.4. The summed E-state index contributed by atoms with van der Waals surface area (Å²) in [7, 11) is 1.99. The summed E-state index contributed by atoms with van der Waals surface area (Å²) in [6.45, 7) is 1.63. The van der Waals surface area contributed by atoms with Gasteiger partial charge in [-0.3, -0.25) is 9.59 Å². The number of likely N-dealkylation sites (N-methyl/N-ethyl adjacent to an activating group) is 1. The zero-order chi connectivity index (χ0) is 18.5. The fraction of sp³-hybridized carbons (Fsp3) is 0.300. The number of rotatable bonds is 6. The minimum atomic E-state index is -0.330. The molecule has 0 aromatic heterocycles. The van der Waals surface area contributed by atoms with Gasteiger partial charge in [0.25, 0.3) is 0 Å². The number of benzene rings is 2. The monoisotopic (exact) mass is 371 g/mol. The molecule has 2 amide bonds. The summed E-state index contributed by atoms with van der Waals surface area (Å²) >= 11 is 6.00. The number of hydrogen-bond acceptors (Lipinski definition) is 3. The van der Waals surface area contributed by atoms with Crippen molar-refractivity contribution in [2.45, 2.75) is 6.42 Å². The third kappa shape index (κ3) is 4.35. The molecule has 2 aromatic rings. The summed E-state index contributed by atoms with van der Waals surface area (Å²) in [5, 5.41) is 3.52. The van der Waals surface area contributed by atoms with Gasteiger partial charge in [0.15, 0.2) is 0 Å². The second-order valence-corrected chi connectivity index (χ2v) is 6.87. The molecular formula is C20H22ClN3O2. The molecule has 2 aromatic carbocycles. The van der Waals surface area contributed by atoms with Gasteiger partial charge in [-0.15, -0.1) is 0 Å². The number of halogens is 1. The van der Waals surface area contributed by atoms with Crippen molar-refractivity contribution in [2.75, 3.05) is 36.5 Å². The number of nitrogens with zero attached hydrogens (tertiary/aromatic N) is 2. The Balaban J connectivity index is 1.50. The second-order valence-electron chi connectivity index (χ2n) is 6.43. The molecule has 136 valence electrons. The zero-order valence-electron chi connectivity index (χ0n) is 14.7. The first-order valence-electron chi connectivity index (χ1n) is 8.64. The first kappa shape index (κ1) is 18.3. The lowest BCUT2D eigenvalue weighted by Gasteiger charge is -2.20. The smallest absolute Gasteiger partial charge is 0.227 e. The lowest BCUT2D eigenvalue weighted by atomic mass is 10.1. The maximum atomic E-state index is 12.4. The standard InChI is InChI=1S/C20H22ClN3O2/c1-23(17-7-3-2-4-8-17)11-10-22-20(26)15-12-19(25)24(14-15)18-9-5-6-16(21)13-18/h2-9,13,15H,10-12,14H2,1H3,(H,22,26). The van der Waals surface area contributed by atoms with Crippen LogP contribution in [0.2, 0.25) is 5.02 Å². The number of hydrogen-bond donors (Lipinski definition) is 1. The number of carbonyl (C=O) groups is 2.